The molecule has 0 fully saturated rings. The Kier molecular flexibility index (Phi) is 2.81. The Hall–Kier alpha value is -4.46. The van der Waals surface area contributed by atoms with Gasteiger partial charge >= 0.3 is 0 Å². The monoisotopic (exact) mass is 396 g/mol. The van der Waals surface area contributed by atoms with E-state index in [2.05, 4.69) is 0 Å². The van der Waals surface area contributed by atoms with Gasteiger partial charge < -0.3 is 0 Å². The van der Waals surface area contributed by atoms with Crippen molar-refractivity contribution in [2.24, 2.45) is 0 Å². The molecule has 0 atom stereocenters. The number of nitro benzene ring substituents is 2. The number of benzene rings is 6. The van der Waals surface area contributed by atoms with Crippen molar-refractivity contribution in [1.82, 2.24) is 0 Å². The average Bonchev–Trinajstić information content (AvgIpc) is 2.74. The molecular formula is C22H8N2O6. The van der Waals surface area contributed by atoms with Gasteiger partial charge in [-0.15, -0.1) is 0 Å². The molecule has 0 spiro atoms. The number of rotatable bonds is 2. The molecule has 0 N–H and O–H groups in total. The van der Waals surface area contributed by atoms with E-state index in [0.29, 0.717) is 43.4 Å². The van der Waals surface area contributed by atoms with E-state index in [1.54, 1.807) is 24.3 Å². The minimum absolute atomic E-state index is 0.182. The Morgan fingerprint density at radius 3 is 1.33 bits per heavy atom. The fourth-order valence-corrected chi connectivity index (χ4v) is 4.66. The molecule has 30 heavy (non-hydrogen) atoms. The Bertz CT molecular complexity index is 1660. The smallest absolute Gasteiger partial charge is 0.270 e. The van der Waals surface area contributed by atoms with Gasteiger partial charge in [-0.2, -0.15) is 0 Å². The summed E-state index contributed by atoms with van der Waals surface area (Å²) in [5, 5.41) is 25.7. The van der Waals surface area contributed by atoms with Gasteiger partial charge in [-0.3, -0.25) is 29.8 Å². The first-order valence-electron chi connectivity index (χ1n) is 8.97. The SMILES string of the molecule is O=c1c2ccc3cc([N+](=O)[O-])cc4c(=O)c5ccc6cc([N+](=O)[O-])cc1c6c5-c2c34. The quantitative estimate of drug-likeness (QED) is 0.187. The molecule has 8 heteroatoms. The van der Waals surface area contributed by atoms with Gasteiger partial charge in [0.05, 0.1) is 9.85 Å². The summed E-state index contributed by atoms with van der Waals surface area (Å²) in [6, 6.07) is 11.5. The lowest BCUT2D eigenvalue weighted by molar-refractivity contribution is -0.384. The number of hydrogen-bond acceptors (Lipinski definition) is 6. The summed E-state index contributed by atoms with van der Waals surface area (Å²) >= 11 is 0. The van der Waals surface area contributed by atoms with Crippen molar-refractivity contribution in [3.8, 4) is 11.1 Å². The van der Waals surface area contributed by atoms with E-state index in [9.17, 15) is 29.8 Å². The number of hydrogen-bond donors (Lipinski definition) is 0. The normalized spacial score (nSPS) is 12.1. The minimum Gasteiger partial charge on any atom is -0.289 e. The second-order valence-corrected chi connectivity index (χ2v) is 7.33. The van der Waals surface area contributed by atoms with E-state index in [1.165, 1.54) is 24.3 Å². The molecule has 0 heterocycles. The van der Waals surface area contributed by atoms with Crippen LogP contribution in [0.15, 0.2) is 58.1 Å². The van der Waals surface area contributed by atoms with Crippen LogP contribution in [0.1, 0.15) is 0 Å². The fourth-order valence-electron chi connectivity index (χ4n) is 4.66. The summed E-state index contributed by atoms with van der Waals surface area (Å²) in [6.45, 7) is 0. The molecule has 6 rings (SSSR count). The summed E-state index contributed by atoms with van der Waals surface area (Å²) < 4.78 is 0. The summed E-state index contributed by atoms with van der Waals surface area (Å²) in [5.41, 5.74) is -0.0253. The zero-order valence-electron chi connectivity index (χ0n) is 15.0. The molecular weight excluding hydrogens is 388 g/mol. The van der Waals surface area contributed by atoms with Crippen LogP contribution in [0.25, 0.3) is 54.2 Å². The minimum atomic E-state index is -0.555. The maximum Gasteiger partial charge on any atom is 0.270 e. The Morgan fingerprint density at radius 1 is 0.567 bits per heavy atom. The van der Waals surface area contributed by atoms with Gasteiger partial charge in [-0.25, -0.2) is 0 Å². The van der Waals surface area contributed by atoms with E-state index in [-0.39, 0.29) is 33.0 Å². The molecule has 0 aromatic heterocycles. The topological polar surface area (TPSA) is 120 Å². The predicted molar refractivity (Wildman–Crippen MR) is 112 cm³/mol. The van der Waals surface area contributed by atoms with Crippen LogP contribution in [0, 0.1) is 20.2 Å². The predicted octanol–water partition coefficient (Wildman–Crippen LogP) is 4.25. The van der Waals surface area contributed by atoms with Crippen LogP contribution in [0.2, 0.25) is 0 Å². The van der Waals surface area contributed by atoms with Crippen LogP contribution in [0.4, 0.5) is 11.4 Å². The molecule has 0 saturated carbocycles. The van der Waals surface area contributed by atoms with Crippen LogP contribution in [0.5, 0.6) is 0 Å². The molecule has 8 nitrogen and oxygen atoms in total. The summed E-state index contributed by atoms with van der Waals surface area (Å²) in [4.78, 5) is 48.1. The van der Waals surface area contributed by atoms with Gasteiger partial charge in [0.25, 0.3) is 11.4 Å². The van der Waals surface area contributed by atoms with E-state index in [4.69, 9.17) is 0 Å². The lowest BCUT2D eigenvalue weighted by atomic mass is 9.81. The van der Waals surface area contributed by atoms with Crippen molar-refractivity contribution >= 4 is 54.5 Å². The second-order valence-electron chi connectivity index (χ2n) is 7.33. The van der Waals surface area contributed by atoms with E-state index >= 15 is 0 Å². The fraction of sp³-hybridized carbons (Fsp3) is 0. The molecule has 0 aliphatic heterocycles. The highest BCUT2D eigenvalue weighted by molar-refractivity contribution is 6.28. The number of non-ortho nitro benzene ring substituents is 2. The van der Waals surface area contributed by atoms with Gasteiger partial charge in [0.1, 0.15) is 0 Å². The highest BCUT2D eigenvalue weighted by Gasteiger charge is 2.28. The van der Waals surface area contributed by atoms with Crippen molar-refractivity contribution in [2.75, 3.05) is 0 Å². The van der Waals surface area contributed by atoms with E-state index < -0.39 is 9.85 Å². The Labute approximate surface area is 165 Å². The van der Waals surface area contributed by atoms with Gasteiger partial charge in [0.2, 0.25) is 0 Å². The van der Waals surface area contributed by atoms with Crippen LogP contribution < -0.4 is 10.9 Å². The molecule has 0 amide bonds. The number of nitrogens with zero attached hydrogens (tertiary/aromatic N) is 2. The largest absolute Gasteiger partial charge is 0.289 e. The first-order valence-corrected chi connectivity index (χ1v) is 8.97. The van der Waals surface area contributed by atoms with Crippen molar-refractivity contribution < 1.29 is 9.85 Å². The second kappa shape index (κ2) is 5.12. The maximum atomic E-state index is 13.3. The molecule has 0 bridgehead atoms. The third-order valence-corrected chi connectivity index (χ3v) is 5.86. The molecule has 4 aromatic carbocycles. The highest BCUT2D eigenvalue weighted by Crippen LogP contribution is 2.46. The average molecular weight is 396 g/mol. The maximum absolute atomic E-state index is 13.3. The summed E-state index contributed by atoms with van der Waals surface area (Å²) in [6.07, 6.45) is 0. The van der Waals surface area contributed by atoms with E-state index in [0.717, 1.165) is 0 Å². The molecule has 0 saturated heterocycles. The van der Waals surface area contributed by atoms with Gasteiger partial charge in [0, 0.05) is 67.7 Å². The van der Waals surface area contributed by atoms with Crippen LogP contribution in [-0.4, -0.2) is 9.85 Å². The lowest BCUT2D eigenvalue weighted by Gasteiger charge is -2.20. The lowest BCUT2D eigenvalue weighted by Crippen LogP contribution is -2.13. The van der Waals surface area contributed by atoms with Crippen molar-refractivity contribution in [2.45, 2.75) is 0 Å². The molecule has 142 valence electrons. The summed E-state index contributed by atoms with van der Waals surface area (Å²) in [7, 11) is 0. The van der Waals surface area contributed by atoms with Crippen LogP contribution >= 0.6 is 0 Å². The number of nitro groups is 2. The molecule has 0 unspecified atom stereocenters. The van der Waals surface area contributed by atoms with Crippen molar-refractivity contribution in [3.05, 3.63) is 89.2 Å². The zero-order chi connectivity index (χ0) is 20.9. The van der Waals surface area contributed by atoms with Gasteiger partial charge in [-0.05, 0) is 22.9 Å². The third kappa shape index (κ3) is 1.80. The molecule has 2 aliphatic rings. The van der Waals surface area contributed by atoms with Gasteiger partial charge in [0.15, 0.2) is 10.9 Å². The Morgan fingerprint density at radius 2 is 0.967 bits per heavy atom. The van der Waals surface area contributed by atoms with E-state index in [1.807, 2.05) is 0 Å². The van der Waals surface area contributed by atoms with Crippen molar-refractivity contribution in [3.63, 3.8) is 0 Å². The van der Waals surface area contributed by atoms with Crippen LogP contribution in [0.3, 0.4) is 0 Å². The standard InChI is InChI=1S/C22H8N2O6/c25-21-13-3-1-9-5-11(23(27)28)7-15-17(9)19(13)20-14(22(15)26)4-2-10-6-12(24(29)30)8-16(21)18(10)20/h1-8H. The first kappa shape index (κ1) is 16.5. The summed E-state index contributed by atoms with van der Waals surface area (Å²) in [5.74, 6) is 0. The first-order chi connectivity index (χ1) is 14.4. The third-order valence-electron chi connectivity index (χ3n) is 5.86. The highest BCUT2D eigenvalue weighted by atomic mass is 16.6. The molecule has 2 aliphatic carbocycles. The van der Waals surface area contributed by atoms with Crippen molar-refractivity contribution in [1.29, 1.82) is 0 Å². The molecule has 4 aromatic rings. The molecule has 0 radical (unpaired) electrons. The Balaban J connectivity index is 2.00. The van der Waals surface area contributed by atoms with Crippen LogP contribution in [-0.2, 0) is 0 Å². The zero-order valence-corrected chi connectivity index (χ0v) is 15.0. The van der Waals surface area contributed by atoms with Gasteiger partial charge in [-0.1, -0.05) is 12.1 Å².